The van der Waals surface area contributed by atoms with Crippen LogP contribution in [-0.4, -0.2) is 32.9 Å². The van der Waals surface area contributed by atoms with E-state index in [9.17, 15) is 9.59 Å². The van der Waals surface area contributed by atoms with Gasteiger partial charge < -0.3 is 19.2 Å². The molecule has 1 saturated carbocycles. The molecule has 3 aromatic rings. The van der Waals surface area contributed by atoms with Crippen LogP contribution in [0.25, 0.3) is 11.1 Å². The third-order valence-electron chi connectivity index (χ3n) is 7.38. The van der Waals surface area contributed by atoms with Crippen LogP contribution in [0.1, 0.15) is 72.8 Å². The Labute approximate surface area is 194 Å². The molecule has 1 fully saturated rings. The van der Waals surface area contributed by atoms with Crippen LogP contribution < -0.4 is 5.32 Å². The summed E-state index contributed by atoms with van der Waals surface area (Å²) in [6.45, 7) is 6.65. The molecular formula is C27H33N3O3. The molecule has 0 bridgehead atoms. The zero-order valence-corrected chi connectivity index (χ0v) is 19.8. The fourth-order valence-electron chi connectivity index (χ4n) is 5.35. The van der Waals surface area contributed by atoms with E-state index in [0.717, 1.165) is 42.5 Å². The molecule has 2 aliphatic rings. The van der Waals surface area contributed by atoms with Gasteiger partial charge in [0.05, 0.1) is 12.1 Å². The topological polar surface area (TPSA) is 67.5 Å². The van der Waals surface area contributed by atoms with Crippen molar-refractivity contribution in [1.29, 1.82) is 0 Å². The summed E-state index contributed by atoms with van der Waals surface area (Å²) in [4.78, 5) is 29.4. The van der Waals surface area contributed by atoms with Crippen LogP contribution in [-0.2, 0) is 17.9 Å². The van der Waals surface area contributed by atoms with E-state index in [-0.39, 0.29) is 17.9 Å². The molecule has 0 radical (unpaired) electrons. The van der Waals surface area contributed by atoms with Crippen molar-refractivity contribution in [2.45, 2.75) is 84.0 Å². The summed E-state index contributed by atoms with van der Waals surface area (Å²) >= 11 is 0. The number of nitrogens with one attached hydrogen (secondary N) is 1. The van der Waals surface area contributed by atoms with Gasteiger partial charge in [-0.2, -0.15) is 0 Å². The van der Waals surface area contributed by atoms with Crippen LogP contribution in [0.2, 0.25) is 0 Å². The molecule has 1 aromatic carbocycles. The number of carbonyl (C=O) groups is 2. The van der Waals surface area contributed by atoms with Gasteiger partial charge in [0.2, 0.25) is 5.91 Å². The highest BCUT2D eigenvalue weighted by Gasteiger charge is 2.48. The van der Waals surface area contributed by atoms with Crippen molar-refractivity contribution in [2.24, 2.45) is 0 Å². The highest BCUT2D eigenvalue weighted by molar-refractivity contribution is 6.03. The number of rotatable bonds is 4. The number of hydrogen-bond acceptors (Lipinski definition) is 3. The minimum Gasteiger partial charge on any atom is -0.460 e. The lowest BCUT2D eigenvalue weighted by Gasteiger charge is -2.44. The Morgan fingerprint density at radius 2 is 1.79 bits per heavy atom. The fourth-order valence-corrected chi connectivity index (χ4v) is 5.35. The first-order valence-corrected chi connectivity index (χ1v) is 12.1. The first-order chi connectivity index (χ1) is 15.8. The average molecular weight is 448 g/mol. The van der Waals surface area contributed by atoms with Crippen molar-refractivity contribution in [3.63, 3.8) is 0 Å². The zero-order valence-electron chi connectivity index (χ0n) is 19.8. The second kappa shape index (κ2) is 8.40. The number of carbonyl (C=O) groups excluding carboxylic acids is 2. The largest absolute Gasteiger partial charge is 0.460 e. The molecule has 5 rings (SSSR count). The van der Waals surface area contributed by atoms with Crippen LogP contribution in [0.4, 0.5) is 0 Å². The molecule has 1 unspecified atom stereocenters. The quantitative estimate of drug-likeness (QED) is 0.566. The number of fused-ring (bicyclic) bond motifs is 3. The third-order valence-corrected chi connectivity index (χ3v) is 7.38. The molecule has 174 valence electrons. The number of hydrogen-bond donors (Lipinski definition) is 1. The Balaban J connectivity index is 1.52. The zero-order chi connectivity index (χ0) is 23.2. The summed E-state index contributed by atoms with van der Waals surface area (Å²) in [5.74, 6) is 0.599. The summed E-state index contributed by atoms with van der Waals surface area (Å²) in [7, 11) is 0. The van der Waals surface area contributed by atoms with Crippen molar-refractivity contribution < 1.29 is 14.0 Å². The fraction of sp³-hybridized carbons (Fsp3) is 0.481. The third kappa shape index (κ3) is 3.96. The lowest BCUT2D eigenvalue weighted by molar-refractivity contribution is -0.134. The van der Waals surface area contributed by atoms with Crippen LogP contribution in [0, 0.1) is 13.8 Å². The Bertz CT molecular complexity index is 1180. The van der Waals surface area contributed by atoms with E-state index in [1.54, 1.807) is 4.90 Å². The Morgan fingerprint density at radius 3 is 2.48 bits per heavy atom. The Kier molecular flexibility index (Phi) is 5.55. The van der Waals surface area contributed by atoms with Gasteiger partial charge in [0.25, 0.3) is 5.91 Å². The van der Waals surface area contributed by atoms with Crippen molar-refractivity contribution in [3.05, 3.63) is 59.0 Å². The number of aryl methyl sites for hydroxylation is 2. The normalized spacial score (nSPS) is 21.8. The maximum absolute atomic E-state index is 13.8. The SMILES string of the molecule is Cc1ccc(CN2C(=O)c3cc4oc(C)cc4n3CC2(C)C(=O)NC2CCCCCC2)cc1. The predicted molar refractivity (Wildman–Crippen MR) is 128 cm³/mol. The number of amides is 2. The van der Waals surface area contributed by atoms with Gasteiger partial charge in [-0.3, -0.25) is 9.59 Å². The maximum atomic E-state index is 13.8. The van der Waals surface area contributed by atoms with Crippen LogP contribution in [0.3, 0.4) is 0 Å². The molecule has 2 aromatic heterocycles. The second-order valence-corrected chi connectivity index (χ2v) is 10.0. The molecule has 1 atom stereocenters. The van der Waals surface area contributed by atoms with E-state index < -0.39 is 5.54 Å². The molecule has 1 aliphatic heterocycles. The van der Waals surface area contributed by atoms with Crippen molar-refractivity contribution in [2.75, 3.05) is 0 Å². The number of benzene rings is 1. The average Bonchev–Trinajstić information content (AvgIpc) is 3.18. The van der Waals surface area contributed by atoms with Crippen LogP contribution in [0.5, 0.6) is 0 Å². The van der Waals surface area contributed by atoms with Gasteiger partial charge in [-0.1, -0.05) is 55.5 Å². The van der Waals surface area contributed by atoms with Gasteiger partial charge in [-0.15, -0.1) is 0 Å². The minimum absolute atomic E-state index is 0.0671. The summed E-state index contributed by atoms with van der Waals surface area (Å²) < 4.78 is 7.77. The van der Waals surface area contributed by atoms with Gasteiger partial charge in [0.1, 0.15) is 17.0 Å². The molecule has 6 heteroatoms. The van der Waals surface area contributed by atoms with Gasteiger partial charge >= 0.3 is 0 Å². The van der Waals surface area contributed by atoms with E-state index in [0.29, 0.717) is 24.4 Å². The van der Waals surface area contributed by atoms with E-state index in [4.69, 9.17) is 4.42 Å². The van der Waals surface area contributed by atoms with Gasteiger partial charge in [0.15, 0.2) is 5.58 Å². The molecule has 0 spiro atoms. The standard InChI is InChI=1S/C27H33N3O3/c1-18-10-12-20(13-11-18)16-30-25(31)23-15-24-22(14-19(2)33-24)29(23)17-27(30,3)26(32)28-21-8-6-4-5-7-9-21/h10-15,21H,4-9,16-17H2,1-3H3,(H,28,32). The molecule has 2 amide bonds. The maximum Gasteiger partial charge on any atom is 0.271 e. The van der Waals surface area contributed by atoms with E-state index in [1.807, 2.05) is 61.7 Å². The number of aromatic nitrogens is 1. The minimum atomic E-state index is -1.00. The van der Waals surface area contributed by atoms with Gasteiger partial charge in [-0.25, -0.2) is 0 Å². The summed E-state index contributed by atoms with van der Waals surface area (Å²) in [5, 5.41) is 3.32. The highest BCUT2D eigenvalue weighted by Crippen LogP contribution is 2.35. The van der Waals surface area contributed by atoms with Crippen molar-refractivity contribution in [1.82, 2.24) is 14.8 Å². The molecule has 1 N–H and O–H groups in total. The first kappa shape index (κ1) is 21.8. The molecule has 3 heterocycles. The van der Waals surface area contributed by atoms with Crippen LogP contribution in [0.15, 0.2) is 40.8 Å². The molecule has 33 heavy (non-hydrogen) atoms. The summed E-state index contributed by atoms with van der Waals surface area (Å²) in [6.07, 6.45) is 6.76. The lowest BCUT2D eigenvalue weighted by Crippen LogP contribution is -2.64. The molecule has 1 aliphatic carbocycles. The van der Waals surface area contributed by atoms with Crippen LogP contribution >= 0.6 is 0 Å². The van der Waals surface area contributed by atoms with E-state index in [2.05, 4.69) is 5.32 Å². The smallest absolute Gasteiger partial charge is 0.271 e. The molecular weight excluding hydrogens is 414 g/mol. The summed E-state index contributed by atoms with van der Waals surface area (Å²) in [5.41, 5.74) is 3.33. The second-order valence-electron chi connectivity index (χ2n) is 10.0. The Hall–Kier alpha value is -3.02. The van der Waals surface area contributed by atoms with Gasteiger partial charge in [0, 0.05) is 24.7 Å². The Morgan fingerprint density at radius 1 is 1.09 bits per heavy atom. The van der Waals surface area contributed by atoms with Crippen molar-refractivity contribution in [3.8, 4) is 0 Å². The van der Waals surface area contributed by atoms with Gasteiger partial charge in [-0.05, 0) is 39.2 Å². The first-order valence-electron chi connectivity index (χ1n) is 12.1. The lowest BCUT2D eigenvalue weighted by atomic mass is 9.93. The number of nitrogens with zero attached hydrogens (tertiary/aromatic N) is 2. The predicted octanol–water partition coefficient (Wildman–Crippen LogP) is 5.10. The summed E-state index contributed by atoms with van der Waals surface area (Å²) in [6, 6.07) is 12.1. The molecule has 6 nitrogen and oxygen atoms in total. The van der Waals surface area contributed by atoms with E-state index in [1.165, 1.54) is 18.4 Å². The molecule has 0 saturated heterocycles. The monoisotopic (exact) mass is 447 g/mol. The van der Waals surface area contributed by atoms with Crippen molar-refractivity contribution >= 4 is 22.9 Å². The number of furan rings is 1. The van der Waals surface area contributed by atoms with E-state index >= 15 is 0 Å². The highest BCUT2D eigenvalue weighted by atomic mass is 16.3.